The molecular weight excluding hydrogens is 658 g/mol. The number of halogens is 18. The molecule has 2 aromatic heterocycles. The third-order valence-electron chi connectivity index (χ3n) is 4.61. The minimum Gasteiger partial charge on any atom is -0.302 e. The van der Waals surface area contributed by atoms with Gasteiger partial charge in [-0.1, -0.05) is 0 Å². The predicted octanol–water partition coefficient (Wildman–Crippen LogP) is 6.80. The van der Waals surface area contributed by atoms with Crippen molar-refractivity contribution in [3.05, 3.63) is 21.2 Å². The lowest BCUT2D eigenvalue weighted by Gasteiger charge is -2.32. The fourth-order valence-electron chi connectivity index (χ4n) is 2.29. The van der Waals surface area contributed by atoms with Gasteiger partial charge < -0.3 is 9.13 Å². The van der Waals surface area contributed by atoms with E-state index in [4.69, 9.17) is 0 Å². The van der Waals surface area contributed by atoms with E-state index in [1.54, 1.807) is 10.2 Å². The van der Waals surface area contributed by atoms with Crippen LogP contribution >= 0.6 is 24.4 Å². The minimum absolute atomic E-state index is 0.0652. The van der Waals surface area contributed by atoms with E-state index in [0.29, 0.717) is 14.1 Å². The van der Waals surface area contributed by atoms with Crippen molar-refractivity contribution < 1.29 is 79.0 Å². The van der Waals surface area contributed by atoms with Crippen molar-refractivity contribution in [3.8, 4) is 0 Å². The number of nitrogens with zero attached hydrogens (tertiary/aromatic N) is 4. The number of nitrogens with one attached hydrogen (secondary N) is 2. The van der Waals surface area contributed by atoms with E-state index in [0.717, 1.165) is 0 Å². The molecule has 0 fully saturated rings. The Bertz CT molecular complexity index is 1210. The van der Waals surface area contributed by atoms with E-state index in [9.17, 15) is 79.0 Å². The quantitative estimate of drug-likeness (QED) is 0.263. The second kappa shape index (κ2) is 10.1. The third-order valence-corrected chi connectivity index (χ3v) is 5.34. The zero-order valence-electron chi connectivity index (χ0n) is 18.4. The fraction of sp³-hybridized carbons (Fsp3) is 0.714. The summed E-state index contributed by atoms with van der Waals surface area (Å²) in [4.78, 5) is 0. The molecule has 40 heavy (non-hydrogen) atoms. The van der Waals surface area contributed by atoms with E-state index in [1.165, 1.54) is 0 Å². The number of aromatic amines is 2. The van der Waals surface area contributed by atoms with Gasteiger partial charge in [0.2, 0.25) is 11.6 Å². The van der Waals surface area contributed by atoms with E-state index < -0.39 is 69.1 Å². The zero-order valence-corrected chi connectivity index (χ0v) is 20.0. The molecule has 0 aliphatic heterocycles. The molecule has 0 saturated heterocycles. The number of rotatable bonds is 6. The van der Waals surface area contributed by atoms with Crippen LogP contribution in [0.15, 0.2) is 0 Å². The van der Waals surface area contributed by atoms with Crippen LogP contribution in [0.3, 0.4) is 0 Å². The monoisotopic (exact) mass is 666 g/mol. The number of hydrogen-bond acceptors (Lipinski definition) is 4. The molecule has 2 heterocycles. The van der Waals surface area contributed by atoms with Crippen molar-refractivity contribution in [1.29, 1.82) is 0 Å². The van der Waals surface area contributed by atoms with Crippen LogP contribution in [-0.4, -0.2) is 65.6 Å². The molecule has 0 radical (unpaired) electrons. The second-order valence-corrected chi connectivity index (χ2v) is 8.04. The lowest BCUT2D eigenvalue weighted by molar-refractivity contribution is -0.401. The topological polar surface area (TPSA) is 67.2 Å². The van der Waals surface area contributed by atoms with Gasteiger partial charge in [-0.15, -0.1) is 0 Å². The lowest BCUT2D eigenvalue weighted by Crippen LogP contribution is -2.60. The highest BCUT2D eigenvalue weighted by atomic mass is 32.1. The Morgan fingerprint density at radius 3 is 0.850 bits per heavy atom. The van der Waals surface area contributed by atoms with Gasteiger partial charge in [0.25, 0.3) is 0 Å². The first-order chi connectivity index (χ1) is 17.4. The van der Waals surface area contributed by atoms with Gasteiger partial charge in [-0.3, -0.25) is 10.2 Å². The maximum absolute atomic E-state index is 13.4. The highest BCUT2D eigenvalue weighted by Crippen LogP contribution is 2.57. The van der Waals surface area contributed by atoms with E-state index in [1.807, 2.05) is 0 Å². The standard InChI is InChI=1S/2C7H4F9N3S/c2*1-19-2(17-18-3(19)20)4(8,9)5(10,11)6(12,13)7(14,15)16/h2*1H3,(H,18,20). The molecule has 0 amide bonds. The molecule has 0 aliphatic carbocycles. The summed E-state index contributed by atoms with van der Waals surface area (Å²) in [6, 6.07) is 0. The SMILES string of the molecule is Cn1c(C(F)(F)C(F)(F)C(F)(F)C(F)(F)F)n[nH]c1=S.Cn1c(C(F)(F)C(F)(F)C(F)(F)C(F)(F)F)n[nH]c1=S. The molecular formula is C14H8F18N6S2. The number of hydrogen-bond donors (Lipinski definition) is 2. The fourth-order valence-corrected chi connectivity index (χ4v) is 2.55. The summed E-state index contributed by atoms with van der Waals surface area (Å²) in [7, 11) is 1.30. The number of aromatic nitrogens is 6. The van der Waals surface area contributed by atoms with Crippen LogP contribution in [-0.2, 0) is 25.9 Å². The molecule has 26 heteroatoms. The Labute approximate surface area is 216 Å². The van der Waals surface area contributed by atoms with Gasteiger partial charge in [0.15, 0.2) is 9.54 Å². The molecule has 0 aliphatic rings. The van der Waals surface area contributed by atoms with Gasteiger partial charge in [0.05, 0.1) is 0 Å². The Kier molecular flexibility index (Phi) is 8.94. The van der Waals surface area contributed by atoms with Crippen molar-refractivity contribution in [2.24, 2.45) is 14.1 Å². The Morgan fingerprint density at radius 1 is 0.475 bits per heavy atom. The predicted molar refractivity (Wildman–Crippen MR) is 96.5 cm³/mol. The van der Waals surface area contributed by atoms with Crippen molar-refractivity contribution in [2.45, 2.75) is 47.9 Å². The normalized spacial score (nSPS) is 14.7. The highest BCUT2D eigenvalue weighted by Gasteiger charge is 2.84. The first kappa shape index (κ1) is 35.5. The van der Waals surface area contributed by atoms with Crippen molar-refractivity contribution >= 4 is 24.4 Å². The molecule has 2 aromatic rings. The molecule has 232 valence electrons. The highest BCUT2D eigenvalue weighted by molar-refractivity contribution is 7.71. The van der Waals surface area contributed by atoms with Crippen LogP contribution in [0.5, 0.6) is 0 Å². The minimum atomic E-state index is -6.96. The molecule has 0 aromatic carbocycles. The van der Waals surface area contributed by atoms with Crippen LogP contribution in [0.2, 0.25) is 0 Å². The smallest absolute Gasteiger partial charge is 0.302 e. The average Bonchev–Trinajstić information content (AvgIpc) is 3.28. The Balaban J connectivity index is 0.000000400. The molecule has 0 atom stereocenters. The number of H-pyrrole nitrogens is 2. The van der Waals surface area contributed by atoms with Crippen molar-refractivity contribution in [3.63, 3.8) is 0 Å². The summed E-state index contributed by atoms with van der Waals surface area (Å²) in [5.41, 5.74) is 0. The summed E-state index contributed by atoms with van der Waals surface area (Å²) < 4.78 is 226. The molecule has 0 bridgehead atoms. The molecule has 6 nitrogen and oxygen atoms in total. The van der Waals surface area contributed by atoms with Crippen LogP contribution in [0, 0.1) is 9.54 Å². The lowest BCUT2D eigenvalue weighted by atomic mass is 10.0. The van der Waals surface area contributed by atoms with Crippen molar-refractivity contribution in [1.82, 2.24) is 29.5 Å². The largest absolute Gasteiger partial charge is 0.460 e. The zero-order chi connectivity index (χ0) is 32.3. The van der Waals surface area contributed by atoms with Crippen LogP contribution in [0.1, 0.15) is 11.6 Å². The number of alkyl halides is 18. The Hall–Kier alpha value is -2.54. The average molecular weight is 666 g/mol. The van der Waals surface area contributed by atoms with Gasteiger partial charge in [-0.25, -0.2) is 0 Å². The van der Waals surface area contributed by atoms with E-state index in [-0.39, 0.29) is 9.13 Å². The molecule has 0 spiro atoms. The van der Waals surface area contributed by atoms with Crippen LogP contribution in [0.4, 0.5) is 79.0 Å². The Morgan fingerprint density at radius 2 is 0.700 bits per heavy atom. The summed E-state index contributed by atoms with van der Waals surface area (Å²) in [6.45, 7) is 0. The van der Waals surface area contributed by atoms with Gasteiger partial charge in [-0.05, 0) is 24.4 Å². The second-order valence-electron chi connectivity index (χ2n) is 7.26. The van der Waals surface area contributed by atoms with Gasteiger partial charge in [0.1, 0.15) is 0 Å². The third kappa shape index (κ3) is 5.26. The van der Waals surface area contributed by atoms with Gasteiger partial charge in [0, 0.05) is 14.1 Å². The molecule has 0 unspecified atom stereocenters. The summed E-state index contributed by atoms with van der Waals surface area (Å²) >= 11 is 8.58. The maximum atomic E-state index is 13.4. The summed E-state index contributed by atoms with van der Waals surface area (Å²) in [6.07, 6.45) is -13.7. The first-order valence-corrected chi connectivity index (χ1v) is 9.81. The summed E-state index contributed by atoms with van der Waals surface area (Å²) in [5, 5.41) is 8.29. The first-order valence-electron chi connectivity index (χ1n) is 8.99. The molecule has 2 N–H and O–H groups in total. The molecule has 0 saturated carbocycles. The van der Waals surface area contributed by atoms with E-state index >= 15 is 0 Å². The summed E-state index contributed by atoms with van der Waals surface area (Å²) in [5.74, 6) is -43.3. The molecule has 2 rings (SSSR count). The van der Waals surface area contributed by atoms with Crippen LogP contribution < -0.4 is 0 Å². The van der Waals surface area contributed by atoms with Gasteiger partial charge >= 0.3 is 47.9 Å². The van der Waals surface area contributed by atoms with Gasteiger partial charge in [-0.2, -0.15) is 89.2 Å². The van der Waals surface area contributed by atoms with Crippen LogP contribution in [0.25, 0.3) is 0 Å². The van der Waals surface area contributed by atoms with Crippen molar-refractivity contribution in [2.75, 3.05) is 0 Å². The van der Waals surface area contributed by atoms with E-state index in [2.05, 4.69) is 34.6 Å². The maximum Gasteiger partial charge on any atom is 0.460 e.